The lowest BCUT2D eigenvalue weighted by Gasteiger charge is -2.09. The van der Waals surface area contributed by atoms with Gasteiger partial charge in [-0.15, -0.1) is 11.8 Å². The van der Waals surface area contributed by atoms with Crippen LogP contribution < -0.4 is 10.0 Å². The van der Waals surface area contributed by atoms with Crippen molar-refractivity contribution >= 4 is 27.5 Å². The van der Waals surface area contributed by atoms with E-state index in [0.717, 1.165) is 23.5 Å². The first kappa shape index (κ1) is 14.4. The summed E-state index contributed by atoms with van der Waals surface area (Å²) in [6.45, 7) is 1.53. The molecule has 0 spiro atoms. The van der Waals surface area contributed by atoms with Gasteiger partial charge in [0.2, 0.25) is 0 Å². The summed E-state index contributed by atoms with van der Waals surface area (Å²) < 4.78 is 27.5. The van der Waals surface area contributed by atoms with E-state index in [4.69, 9.17) is 0 Å². The number of fused-ring (bicyclic) bond motifs is 1. The second kappa shape index (κ2) is 5.71. The molecule has 0 amide bonds. The standard InChI is InChI=1S/C15H16N2O2S2/c1-20-14-5-3-13(4-6-14)17-21(18,19)15-7-2-11-9-16-10-12(11)8-15/h2-8,16-17H,9-10H2,1H3. The molecule has 2 aromatic rings. The van der Waals surface area contributed by atoms with Crippen LogP contribution in [-0.2, 0) is 23.1 Å². The molecule has 0 aromatic heterocycles. The molecule has 0 aliphatic carbocycles. The predicted molar refractivity (Wildman–Crippen MR) is 86.0 cm³/mol. The molecule has 1 aliphatic rings. The first-order valence-electron chi connectivity index (χ1n) is 6.58. The zero-order valence-corrected chi connectivity index (χ0v) is 13.2. The second-order valence-electron chi connectivity index (χ2n) is 4.87. The Morgan fingerprint density at radius 2 is 1.76 bits per heavy atom. The molecule has 4 nitrogen and oxygen atoms in total. The maximum absolute atomic E-state index is 12.4. The van der Waals surface area contributed by atoms with Crippen molar-refractivity contribution in [2.24, 2.45) is 0 Å². The van der Waals surface area contributed by atoms with E-state index in [0.29, 0.717) is 10.6 Å². The number of rotatable bonds is 4. The summed E-state index contributed by atoms with van der Waals surface area (Å²) in [4.78, 5) is 1.40. The minimum absolute atomic E-state index is 0.305. The van der Waals surface area contributed by atoms with E-state index in [1.54, 1.807) is 36.0 Å². The molecule has 21 heavy (non-hydrogen) atoms. The third-order valence-electron chi connectivity index (χ3n) is 3.46. The van der Waals surface area contributed by atoms with Crippen molar-refractivity contribution in [2.45, 2.75) is 22.9 Å². The number of thioether (sulfide) groups is 1. The highest BCUT2D eigenvalue weighted by atomic mass is 32.2. The number of anilines is 1. The Hall–Kier alpha value is -1.50. The maximum Gasteiger partial charge on any atom is 0.261 e. The Balaban J connectivity index is 1.86. The summed E-state index contributed by atoms with van der Waals surface area (Å²) in [6.07, 6.45) is 1.98. The van der Waals surface area contributed by atoms with Crippen LogP contribution in [0.3, 0.4) is 0 Å². The van der Waals surface area contributed by atoms with E-state index < -0.39 is 10.0 Å². The molecule has 0 saturated carbocycles. The van der Waals surface area contributed by atoms with Gasteiger partial charge >= 0.3 is 0 Å². The smallest absolute Gasteiger partial charge is 0.261 e. The van der Waals surface area contributed by atoms with E-state index >= 15 is 0 Å². The van der Waals surface area contributed by atoms with Crippen molar-refractivity contribution in [2.75, 3.05) is 11.0 Å². The lowest BCUT2D eigenvalue weighted by atomic mass is 10.1. The van der Waals surface area contributed by atoms with Crippen molar-refractivity contribution in [3.63, 3.8) is 0 Å². The van der Waals surface area contributed by atoms with Gasteiger partial charge in [0.15, 0.2) is 0 Å². The molecule has 2 aromatic carbocycles. The molecule has 6 heteroatoms. The van der Waals surface area contributed by atoms with E-state index in [-0.39, 0.29) is 0 Å². The third kappa shape index (κ3) is 3.07. The molecule has 2 N–H and O–H groups in total. The Morgan fingerprint density at radius 1 is 1.05 bits per heavy atom. The number of hydrogen-bond donors (Lipinski definition) is 2. The molecule has 0 unspecified atom stereocenters. The molecule has 0 radical (unpaired) electrons. The largest absolute Gasteiger partial charge is 0.309 e. The summed E-state index contributed by atoms with van der Waals surface area (Å²) >= 11 is 1.62. The van der Waals surface area contributed by atoms with E-state index in [1.807, 2.05) is 24.5 Å². The molecule has 1 heterocycles. The highest BCUT2D eigenvalue weighted by Crippen LogP contribution is 2.23. The highest BCUT2D eigenvalue weighted by molar-refractivity contribution is 7.98. The monoisotopic (exact) mass is 320 g/mol. The van der Waals surface area contributed by atoms with Gasteiger partial charge in [-0.05, 0) is 53.8 Å². The quantitative estimate of drug-likeness (QED) is 0.851. The first-order chi connectivity index (χ1) is 10.1. The molecule has 110 valence electrons. The van der Waals surface area contributed by atoms with Crippen molar-refractivity contribution in [1.82, 2.24) is 5.32 Å². The normalized spacial score (nSPS) is 14.0. The van der Waals surface area contributed by atoms with Gasteiger partial charge in [-0.1, -0.05) is 6.07 Å². The van der Waals surface area contributed by atoms with E-state index in [9.17, 15) is 8.42 Å². The molecule has 1 aliphatic heterocycles. The first-order valence-corrected chi connectivity index (χ1v) is 9.29. The summed E-state index contributed by atoms with van der Waals surface area (Å²) in [6, 6.07) is 12.6. The minimum Gasteiger partial charge on any atom is -0.309 e. The van der Waals surface area contributed by atoms with Crippen LogP contribution >= 0.6 is 11.8 Å². The van der Waals surface area contributed by atoms with Crippen molar-refractivity contribution in [1.29, 1.82) is 0 Å². The molecular formula is C15H16N2O2S2. The number of sulfonamides is 1. The summed E-state index contributed by atoms with van der Waals surface area (Å²) in [7, 11) is -3.54. The van der Waals surface area contributed by atoms with Gasteiger partial charge in [-0.2, -0.15) is 0 Å². The second-order valence-corrected chi connectivity index (χ2v) is 7.43. The van der Waals surface area contributed by atoms with Gasteiger partial charge in [0.1, 0.15) is 0 Å². The Kier molecular flexibility index (Phi) is 3.93. The average molecular weight is 320 g/mol. The average Bonchev–Trinajstić information content (AvgIpc) is 2.95. The predicted octanol–water partition coefficient (Wildman–Crippen LogP) is 2.81. The van der Waals surface area contributed by atoms with Crippen LogP contribution in [0, 0.1) is 0 Å². The number of hydrogen-bond acceptors (Lipinski definition) is 4. The van der Waals surface area contributed by atoms with Crippen molar-refractivity contribution in [3.05, 3.63) is 53.6 Å². The molecule has 0 saturated heterocycles. The number of benzene rings is 2. The Labute approximate surface area is 129 Å². The fraction of sp³-hybridized carbons (Fsp3) is 0.200. The van der Waals surface area contributed by atoms with E-state index in [1.165, 1.54) is 5.56 Å². The van der Waals surface area contributed by atoms with Gasteiger partial charge in [0.25, 0.3) is 10.0 Å². The van der Waals surface area contributed by atoms with Gasteiger partial charge in [0.05, 0.1) is 4.90 Å². The van der Waals surface area contributed by atoms with Crippen LogP contribution in [-0.4, -0.2) is 14.7 Å². The molecule has 3 rings (SSSR count). The minimum atomic E-state index is -3.54. The lowest BCUT2D eigenvalue weighted by molar-refractivity contribution is 0.601. The molecule has 0 bridgehead atoms. The lowest BCUT2D eigenvalue weighted by Crippen LogP contribution is -2.13. The van der Waals surface area contributed by atoms with E-state index in [2.05, 4.69) is 10.0 Å². The van der Waals surface area contributed by atoms with Crippen LogP contribution in [0.2, 0.25) is 0 Å². The van der Waals surface area contributed by atoms with Crippen LogP contribution in [0.4, 0.5) is 5.69 Å². The van der Waals surface area contributed by atoms with Gasteiger partial charge in [-0.3, -0.25) is 4.72 Å². The van der Waals surface area contributed by atoms with Gasteiger partial charge in [-0.25, -0.2) is 8.42 Å². The van der Waals surface area contributed by atoms with Crippen LogP contribution in [0.25, 0.3) is 0 Å². The van der Waals surface area contributed by atoms with Crippen LogP contribution in [0.1, 0.15) is 11.1 Å². The van der Waals surface area contributed by atoms with Gasteiger partial charge in [0, 0.05) is 23.7 Å². The molecular weight excluding hydrogens is 304 g/mol. The Bertz CT molecular complexity index is 756. The Morgan fingerprint density at radius 3 is 2.48 bits per heavy atom. The van der Waals surface area contributed by atoms with Crippen molar-refractivity contribution in [3.8, 4) is 0 Å². The zero-order chi connectivity index (χ0) is 14.9. The van der Waals surface area contributed by atoms with Crippen LogP contribution in [0.15, 0.2) is 52.3 Å². The van der Waals surface area contributed by atoms with Gasteiger partial charge < -0.3 is 5.32 Å². The molecule has 0 atom stereocenters. The third-order valence-corrected chi connectivity index (χ3v) is 5.58. The fourth-order valence-corrected chi connectivity index (χ4v) is 3.83. The van der Waals surface area contributed by atoms with Crippen LogP contribution in [0.5, 0.6) is 0 Å². The van der Waals surface area contributed by atoms with Crippen molar-refractivity contribution < 1.29 is 8.42 Å². The zero-order valence-electron chi connectivity index (χ0n) is 11.6. The highest BCUT2D eigenvalue weighted by Gasteiger charge is 2.18. The number of nitrogens with one attached hydrogen (secondary N) is 2. The maximum atomic E-state index is 12.4. The fourth-order valence-electron chi connectivity index (χ4n) is 2.31. The topological polar surface area (TPSA) is 58.2 Å². The summed E-state index contributed by atoms with van der Waals surface area (Å²) in [5.41, 5.74) is 2.79. The SMILES string of the molecule is CSc1ccc(NS(=O)(=O)c2ccc3c(c2)CNC3)cc1. The summed E-state index contributed by atoms with van der Waals surface area (Å²) in [5.74, 6) is 0. The summed E-state index contributed by atoms with van der Waals surface area (Å²) in [5, 5.41) is 3.21. The molecule has 0 fully saturated rings.